The van der Waals surface area contributed by atoms with E-state index < -0.39 is 0 Å². The number of amides is 2. The highest BCUT2D eigenvalue weighted by Gasteiger charge is 2.14. The molecule has 1 unspecified atom stereocenters. The highest BCUT2D eigenvalue weighted by atomic mass is 16.3. The highest BCUT2D eigenvalue weighted by molar-refractivity contribution is 5.94. The van der Waals surface area contributed by atoms with Gasteiger partial charge in [-0.15, -0.1) is 0 Å². The summed E-state index contributed by atoms with van der Waals surface area (Å²) in [5.74, 6) is -0.273. The molecule has 1 rings (SSSR count). The topological polar surface area (TPSA) is 78.4 Å². The van der Waals surface area contributed by atoms with Gasteiger partial charge in [0, 0.05) is 31.7 Å². The van der Waals surface area contributed by atoms with Crippen LogP contribution in [0.3, 0.4) is 0 Å². The van der Waals surface area contributed by atoms with Crippen molar-refractivity contribution in [3.05, 3.63) is 35.4 Å². The van der Waals surface area contributed by atoms with Gasteiger partial charge in [0.2, 0.25) is 5.91 Å². The third-order valence-electron chi connectivity index (χ3n) is 3.61. The fourth-order valence-corrected chi connectivity index (χ4v) is 1.95. The van der Waals surface area contributed by atoms with Crippen molar-refractivity contribution in [2.24, 2.45) is 5.92 Å². The summed E-state index contributed by atoms with van der Waals surface area (Å²) in [6.07, 6.45) is 0.226. The molecule has 5 nitrogen and oxygen atoms in total. The predicted octanol–water partition coefficient (Wildman–Crippen LogP) is 1.85. The summed E-state index contributed by atoms with van der Waals surface area (Å²) in [4.78, 5) is 23.6. The van der Waals surface area contributed by atoms with Gasteiger partial charge in [-0.25, -0.2) is 0 Å². The molecule has 0 aliphatic heterocycles. The van der Waals surface area contributed by atoms with Crippen LogP contribution in [0.1, 0.15) is 50.0 Å². The van der Waals surface area contributed by atoms with Crippen molar-refractivity contribution in [3.8, 4) is 0 Å². The Balaban J connectivity index is 2.38. The Labute approximate surface area is 138 Å². The largest absolute Gasteiger partial charge is 0.396 e. The summed E-state index contributed by atoms with van der Waals surface area (Å²) in [5, 5.41) is 14.3. The number of carbonyl (C=O) groups is 2. The smallest absolute Gasteiger partial charge is 0.251 e. The molecule has 0 bridgehead atoms. The fraction of sp³-hybridized carbons (Fsp3) is 0.556. The van der Waals surface area contributed by atoms with Crippen LogP contribution in [0.5, 0.6) is 0 Å². The number of rotatable bonds is 7. The first-order chi connectivity index (χ1) is 10.7. The third kappa shape index (κ3) is 6.82. The van der Waals surface area contributed by atoms with E-state index in [1.807, 2.05) is 19.1 Å². The molecule has 128 valence electrons. The van der Waals surface area contributed by atoms with E-state index >= 15 is 0 Å². The molecule has 1 atom stereocenters. The maximum Gasteiger partial charge on any atom is 0.251 e. The Morgan fingerprint density at radius 2 is 1.74 bits per heavy atom. The molecule has 0 radical (unpaired) electrons. The van der Waals surface area contributed by atoms with Crippen LogP contribution < -0.4 is 10.6 Å². The normalized spacial score (nSPS) is 12.6. The Bertz CT molecular complexity index is 518. The summed E-state index contributed by atoms with van der Waals surface area (Å²) in [6.45, 7) is 9.00. The Kier molecular flexibility index (Phi) is 7.23. The minimum absolute atomic E-state index is 0.0369. The standard InChI is InChI=1S/C18H28N2O3/c1-13(12-21)11-20-16(22)9-10-19-17(23)14-5-7-15(8-6-14)18(2,3)4/h5-8,13,21H,9-12H2,1-4H3,(H,19,23)(H,20,22). The van der Waals surface area contributed by atoms with Crippen LogP contribution in [0, 0.1) is 5.92 Å². The Morgan fingerprint density at radius 3 is 2.26 bits per heavy atom. The first kappa shape index (κ1) is 19.2. The zero-order valence-electron chi connectivity index (χ0n) is 14.5. The van der Waals surface area contributed by atoms with E-state index in [0.717, 1.165) is 0 Å². The van der Waals surface area contributed by atoms with Gasteiger partial charge in [-0.1, -0.05) is 39.8 Å². The van der Waals surface area contributed by atoms with Crippen molar-refractivity contribution in [2.75, 3.05) is 19.7 Å². The molecule has 2 amide bonds. The van der Waals surface area contributed by atoms with Crippen LogP contribution in [0.4, 0.5) is 0 Å². The highest BCUT2D eigenvalue weighted by Crippen LogP contribution is 2.22. The summed E-state index contributed by atoms with van der Waals surface area (Å²) in [5.41, 5.74) is 1.82. The summed E-state index contributed by atoms with van der Waals surface area (Å²) in [7, 11) is 0. The van der Waals surface area contributed by atoms with Gasteiger partial charge in [-0.05, 0) is 29.0 Å². The maximum atomic E-state index is 12.0. The van der Waals surface area contributed by atoms with Crippen molar-refractivity contribution in [1.29, 1.82) is 0 Å². The molecule has 1 aromatic carbocycles. The lowest BCUT2D eigenvalue weighted by atomic mass is 9.87. The van der Waals surface area contributed by atoms with E-state index in [-0.39, 0.29) is 36.2 Å². The summed E-state index contributed by atoms with van der Waals surface area (Å²) >= 11 is 0. The lowest BCUT2D eigenvalue weighted by Crippen LogP contribution is -2.33. The molecular weight excluding hydrogens is 292 g/mol. The third-order valence-corrected chi connectivity index (χ3v) is 3.61. The van der Waals surface area contributed by atoms with Gasteiger partial charge in [-0.3, -0.25) is 9.59 Å². The molecule has 0 aromatic heterocycles. The minimum atomic E-state index is -0.179. The first-order valence-electron chi connectivity index (χ1n) is 8.00. The second kappa shape index (κ2) is 8.67. The molecule has 1 aromatic rings. The number of benzene rings is 1. The second-order valence-electron chi connectivity index (χ2n) is 6.93. The van der Waals surface area contributed by atoms with Crippen LogP contribution in [0.15, 0.2) is 24.3 Å². The van der Waals surface area contributed by atoms with E-state index in [1.165, 1.54) is 5.56 Å². The average Bonchev–Trinajstić information content (AvgIpc) is 2.51. The van der Waals surface area contributed by atoms with E-state index in [1.54, 1.807) is 12.1 Å². The molecule has 0 aliphatic rings. The summed E-state index contributed by atoms with van der Waals surface area (Å²) in [6, 6.07) is 7.52. The zero-order valence-corrected chi connectivity index (χ0v) is 14.5. The maximum absolute atomic E-state index is 12.0. The number of hydrogen-bond donors (Lipinski definition) is 3. The molecule has 5 heteroatoms. The first-order valence-corrected chi connectivity index (χ1v) is 8.00. The van der Waals surface area contributed by atoms with Crippen LogP contribution in [0.2, 0.25) is 0 Å². The lowest BCUT2D eigenvalue weighted by Gasteiger charge is -2.19. The van der Waals surface area contributed by atoms with Crippen molar-refractivity contribution in [3.63, 3.8) is 0 Å². The van der Waals surface area contributed by atoms with Crippen LogP contribution >= 0.6 is 0 Å². The monoisotopic (exact) mass is 320 g/mol. The quantitative estimate of drug-likeness (QED) is 0.717. The number of carbonyl (C=O) groups excluding carboxylic acids is 2. The molecular formula is C18H28N2O3. The number of hydrogen-bond acceptors (Lipinski definition) is 3. The molecule has 0 spiro atoms. The average molecular weight is 320 g/mol. The molecule has 0 saturated heterocycles. The number of aliphatic hydroxyl groups excluding tert-OH is 1. The fourth-order valence-electron chi connectivity index (χ4n) is 1.95. The predicted molar refractivity (Wildman–Crippen MR) is 91.4 cm³/mol. The van der Waals surface area contributed by atoms with Crippen molar-refractivity contribution >= 4 is 11.8 Å². The number of nitrogens with one attached hydrogen (secondary N) is 2. The van der Waals surface area contributed by atoms with Gasteiger partial charge in [0.25, 0.3) is 5.91 Å². The van der Waals surface area contributed by atoms with Crippen molar-refractivity contribution in [1.82, 2.24) is 10.6 Å². The van der Waals surface area contributed by atoms with Gasteiger partial charge >= 0.3 is 0 Å². The van der Waals surface area contributed by atoms with Crippen LogP contribution in [-0.2, 0) is 10.2 Å². The van der Waals surface area contributed by atoms with Gasteiger partial charge in [-0.2, -0.15) is 0 Å². The molecule has 23 heavy (non-hydrogen) atoms. The van der Waals surface area contributed by atoms with E-state index in [0.29, 0.717) is 18.7 Å². The zero-order chi connectivity index (χ0) is 17.5. The second-order valence-corrected chi connectivity index (χ2v) is 6.93. The summed E-state index contributed by atoms with van der Waals surface area (Å²) < 4.78 is 0. The Morgan fingerprint density at radius 1 is 1.13 bits per heavy atom. The molecule has 0 heterocycles. The van der Waals surface area contributed by atoms with E-state index in [2.05, 4.69) is 31.4 Å². The SMILES string of the molecule is CC(CO)CNC(=O)CCNC(=O)c1ccc(C(C)(C)C)cc1. The van der Waals surface area contributed by atoms with Gasteiger partial charge < -0.3 is 15.7 Å². The van der Waals surface area contributed by atoms with Gasteiger partial charge in [0.1, 0.15) is 0 Å². The minimum Gasteiger partial charge on any atom is -0.396 e. The number of aliphatic hydroxyl groups is 1. The van der Waals surface area contributed by atoms with Crippen molar-refractivity contribution in [2.45, 2.75) is 39.5 Å². The lowest BCUT2D eigenvalue weighted by molar-refractivity contribution is -0.121. The van der Waals surface area contributed by atoms with Crippen molar-refractivity contribution < 1.29 is 14.7 Å². The van der Waals surface area contributed by atoms with Crippen LogP contribution in [0.25, 0.3) is 0 Å². The molecule has 0 aliphatic carbocycles. The molecule has 0 saturated carbocycles. The van der Waals surface area contributed by atoms with E-state index in [9.17, 15) is 9.59 Å². The van der Waals surface area contributed by atoms with E-state index in [4.69, 9.17) is 5.11 Å². The van der Waals surface area contributed by atoms with Crippen LogP contribution in [-0.4, -0.2) is 36.6 Å². The van der Waals surface area contributed by atoms with Gasteiger partial charge in [0.15, 0.2) is 0 Å². The molecule has 3 N–H and O–H groups in total. The Hall–Kier alpha value is -1.88. The van der Waals surface area contributed by atoms with Gasteiger partial charge in [0.05, 0.1) is 0 Å². The molecule has 0 fully saturated rings.